The molecule has 0 atom stereocenters. The number of benzene rings is 1. The van der Waals surface area contributed by atoms with Crippen molar-refractivity contribution in [1.29, 1.82) is 0 Å². The Morgan fingerprint density at radius 2 is 1.95 bits per heavy atom. The smallest absolute Gasteiger partial charge is 0.339 e. The number of carbonyl (C=O) groups is 2. The van der Waals surface area contributed by atoms with Gasteiger partial charge in [0, 0.05) is 6.20 Å². The first-order chi connectivity index (χ1) is 9.97. The van der Waals surface area contributed by atoms with Crippen LogP contribution >= 0.6 is 0 Å². The molecule has 1 aromatic heterocycles. The molecule has 0 bridgehead atoms. The van der Waals surface area contributed by atoms with E-state index in [0.717, 1.165) is 0 Å². The molecule has 0 unspecified atom stereocenters. The van der Waals surface area contributed by atoms with Crippen molar-refractivity contribution in [2.24, 2.45) is 0 Å². The number of carboxylic acids is 1. The Morgan fingerprint density at radius 3 is 2.43 bits per heavy atom. The van der Waals surface area contributed by atoms with Crippen molar-refractivity contribution >= 4 is 11.8 Å². The number of Topliss-reactive ketones (excluding diaryl/α,β-unsaturated/α-hetero) is 1. The highest BCUT2D eigenvalue weighted by molar-refractivity contribution is 5.93. The lowest BCUT2D eigenvalue weighted by Gasteiger charge is -2.04. The maximum atomic E-state index is 11.1. The van der Waals surface area contributed by atoms with Gasteiger partial charge < -0.3 is 10.2 Å². The number of nitrogens with zero attached hydrogens (tertiary/aromatic N) is 2. The molecule has 2 rings (SSSR count). The molecule has 2 aromatic rings. The van der Waals surface area contributed by atoms with Crippen LogP contribution in [0.25, 0.3) is 0 Å². The lowest BCUT2D eigenvalue weighted by atomic mass is 10.1. The lowest BCUT2D eigenvalue weighted by Crippen LogP contribution is -2.02. The summed E-state index contributed by atoms with van der Waals surface area (Å²) >= 11 is 0. The van der Waals surface area contributed by atoms with Crippen LogP contribution in [0.2, 0.25) is 0 Å². The third-order valence-electron chi connectivity index (χ3n) is 2.68. The first kappa shape index (κ1) is 16.4. The fourth-order valence-electron chi connectivity index (χ4n) is 1.68. The summed E-state index contributed by atoms with van der Waals surface area (Å²) in [5.74, 6) is -1.54. The fourth-order valence-corrected chi connectivity index (χ4v) is 1.68. The van der Waals surface area contributed by atoms with Gasteiger partial charge in [-0.2, -0.15) is 5.10 Å². The van der Waals surface area contributed by atoms with Crippen LogP contribution in [0.15, 0.2) is 30.6 Å². The molecule has 1 aromatic carbocycles. The minimum atomic E-state index is -1.18. The molecule has 0 amide bonds. The van der Waals surface area contributed by atoms with Crippen LogP contribution in [0.1, 0.15) is 47.1 Å². The van der Waals surface area contributed by atoms with E-state index in [1.165, 1.54) is 25.3 Å². The summed E-state index contributed by atoms with van der Waals surface area (Å²) in [6.45, 7) is 5.80. The van der Waals surface area contributed by atoms with E-state index in [4.69, 9.17) is 5.11 Å². The molecule has 0 fully saturated rings. The number of aromatic nitrogens is 2. The van der Waals surface area contributed by atoms with E-state index in [1.807, 2.05) is 13.8 Å². The Labute approximate surface area is 122 Å². The maximum absolute atomic E-state index is 11.1. The molecule has 6 heteroatoms. The number of hydrogen-bond donors (Lipinski definition) is 2. The highest BCUT2D eigenvalue weighted by Crippen LogP contribution is 2.19. The first-order valence-corrected chi connectivity index (χ1v) is 6.56. The topological polar surface area (TPSA) is 92.4 Å². The van der Waals surface area contributed by atoms with Crippen LogP contribution in [0, 0.1) is 0 Å². The molecule has 112 valence electrons. The standard InChI is InChI=1S/C13H12N2O4.C2H6/c1-8(16)10-5-14-15(7-10)6-9-2-3-11(13(18)19)12(17)4-9;1-2/h2-5,7,17H,6H2,1H3,(H,18,19);1-2H3. The lowest BCUT2D eigenvalue weighted by molar-refractivity contribution is 0.0693. The van der Waals surface area contributed by atoms with Crippen molar-refractivity contribution in [3.05, 3.63) is 47.3 Å². The molecule has 0 spiro atoms. The Morgan fingerprint density at radius 1 is 1.29 bits per heavy atom. The maximum Gasteiger partial charge on any atom is 0.339 e. The predicted molar refractivity (Wildman–Crippen MR) is 77.7 cm³/mol. The molecule has 0 aliphatic carbocycles. The van der Waals surface area contributed by atoms with Gasteiger partial charge in [0.25, 0.3) is 0 Å². The molecule has 0 saturated heterocycles. The van der Waals surface area contributed by atoms with Gasteiger partial charge in [0.1, 0.15) is 11.3 Å². The minimum Gasteiger partial charge on any atom is -0.507 e. The normalized spacial score (nSPS) is 9.67. The van der Waals surface area contributed by atoms with Gasteiger partial charge in [-0.15, -0.1) is 0 Å². The second kappa shape index (κ2) is 7.23. The van der Waals surface area contributed by atoms with Crippen molar-refractivity contribution in [2.45, 2.75) is 27.3 Å². The Hall–Kier alpha value is -2.63. The van der Waals surface area contributed by atoms with Gasteiger partial charge in [0.15, 0.2) is 5.78 Å². The molecule has 2 N–H and O–H groups in total. The molecule has 0 radical (unpaired) electrons. The fraction of sp³-hybridized carbons (Fsp3) is 0.267. The number of carboxylic acid groups (broad SMARTS) is 1. The minimum absolute atomic E-state index is 0.0738. The van der Waals surface area contributed by atoms with E-state index in [1.54, 1.807) is 16.9 Å². The number of rotatable bonds is 4. The zero-order valence-corrected chi connectivity index (χ0v) is 12.2. The number of carbonyl (C=O) groups excluding carboxylic acids is 1. The van der Waals surface area contributed by atoms with E-state index >= 15 is 0 Å². The summed E-state index contributed by atoms with van der Waals surface area (Å²) in [5, 5.41) is 22.4. The summed E-state index contributed by atoms with van der Waals surface area (Å²) < 4.78 is 1.55. The highest BCUT2D eigenvalue weighted by Gasteiger charge is 2.10. The van der Waals surface area contributed by atoms with Crippen LogP contribution in [0.5, 0.6) is 5.75 Å². The zero-order chi connectivity index (χ0) is 16.0. The molecule has 1 heterocycles. The van der Waals surface area contributed by atoms with Gasteiger partial charge in [-0.3, -0.25) is 9.48 Å². The van der Waals surface area contributed by atoms with Crippen LogP contribution in [0.3, 0.4) is 0 Å². The first-order valence-electron chi connectivity index (χ1n) is 6.56. The number of phenols is 1. The summed E-state index contributed by atoms with van der Waals surface area (Å²) in [7, 11) is 0. The van der Waals surface area contributed by atoms with Gasteiger partial charge in [-0.25, -0.2) is 4.79 Å². The van der Waals surface area contributed by atoms with Gasteiger partial charge in [-0.1, -0.05) is 19.9 Å². The van der Waals surface area contributed by atoms with E-state index in [9.17, 15) is 14.7 Å². The Bertz CT molecular complexity index is 647. The molecule has 21 heavy (non-hydrogen) atoms. The third-order valence-corrected chi connectivity index (χ3v) is 2.68. The van der Waals surface area contributed by atoms with Crippen LogP contribution < -0.4 is 0 Å². The molecule has 0 aliphatic rings. The van der Waals surface area contributed by atoms with Crippen molar-refractivity contribution in [3.8, 4) is 5.75 Å². The largest absolute Gasteiger partial charge is 0.507 e. The van der Waals surface area contributed by atoms with Crippen molar-refractivity contribution in [1.82, 2.24) is 9.78 Å². The number of hydrogen-bond acceptors (Lipinski definition) is 4. The van der Waals surface area contributed by atoms with Crippen molar-refractivity contribution < 1.29 is 19.8 Å². The van der Waals surface area contributed by atoms with Crippen molar-refractivity contribution in [3.63, 3.8) is 0 Å². The van der Waals surface area contributed by atoms with E-state index in [2.05, 4.69) is 5.10 Å². The average Bonchev–Trinajstić information content (AvgIpc) is 2.89. The van der Waals surface area contributed by atoms with Gasteiger partial charge in [0.05, 0.1) is 18.3 Å². The summed E-state index contributed by atoms with van der Waals surface area (Å²) in [6.07, 6.45) is 3.07. The summed E-state index contributed by atoms with van der Waals surface area (Å²) in [5.41, 5.74) is 1.06. The number of aromatic carboxylic acids is 1. The van der Waals surface area contributed by atoms with E-state index < -0.39 is 5.97 Å². The Kier molecular flexibility index (Phi) is 5.66. The Balaban J connectivity index is 0.00000106. The summed E-state index contributed by atoms with van der Waals surface area (Å²) in [4.78, 5) is 21.9. The third kappa shape index (κ3) is 4.17. The molecule has 0 aliphatic heterocycles. The second-order valence-corrected chi connectivity index (χ2v) is 4.14. The zero-order valence-electron chi connectivity index (χ0n) is 12.2. The van der Waals surface area contributed by atoms with Gasteiger partial charge in [0.2, 0.25) is 0 Å². The highest BCUT2D eigenvalue weighted by atomic mass is 16.4. The quantitative estimate of drug-likeness (QED) is 0.844. The number of aromatic hydroxyl groups is 1. The molecule has 6 nitrogen and oxygen atoms in total. The second-order valence-electron chi connectivity index (χ2n) is 4.14. The van der Waals surface area contributed by atoms with Gasteiger partial charge in [-0.05, 0) is 24.6 Å². The molecule has 0 saturated carbocycles. The van der Waals surface area contributed by atoms with Crippen LogP contribution in [-0.4, -0.2) is 31.7 Å². The van der Waals surface area contributed by atoms with E-state index in [-0.39, 0.29) is 17.1 Å². The monoisotopic (exact) mass is 290 g/mol. The SMILES string of the molecule is CC.CC(=O)c1cnn(Cc2ccc(C(=O)O)c(O)c2)c1. The molecular weight excluding hydrogens is 272 g/mol. The van der Waals surface area contributed by atoms with E-state index in [0.29, 0.717) is 17.7 Å². The average molecular weight is 290 g/mol. The predicted octanol–water partition coefficient (Wildman–Crippen LogP) is 2.56. The van der Waals surface area contributed by atoms with Gasteiger partial charge >= 0.3 is 5.97 Å². The van der Waals surface area contributed by atoms with Crippen LogP contribution in [-0.2, 0) is 6.54 Å². The molecular formula is C15H18N2O4. The number of ketones is 1. The van der Waals surface area contributed by atoms with Crippen molar-refractivity contribution in [2.75, 3.05) is 0 Å². The summed E-state index contributed by atoms with van der Waals surface area (Å²) in [6, 6.07) is 4.30. The van der Waals surface area contributed by atoms with Crippen LogP contribution in [0.4, 0.5) is 0 Å².